The van der Waals surface area contributed by atoms with Gasteiger partial charge in [0.25, 0.3) is 0 Å². The van der Waals surface area contributed by atoms with E-state index in [1.54, 1.807) is 7.11 Å². The van der Waals surface area contributed by atoms with Crippen LogP contribution >= 0.6 is 0 Å². The molecule has 0 atom stereocenters. The molecule has 1 saturated heterocycles. The fraction of sp³-hybridized carbons (Fsp3) is 0.519. The van der Waals surface area contributed by atoms with Crippen molar-refractivity contribution >= 4 is 5.91 Å². The van der Waals surface area contributed by atoms with Gasteiger partial charge in [-0.05, 0) is 62.4 Å². The monoisotopic (exact) mass is 454 g/mol. The van der Waals surface area contributed by atoms with Crippen molar-refractivity contribution in [3.63, 3.8) is 0 Å². The van der Waals surface area contributed by atoms with Crippen molar-refractivity contribution in [2.45, 2.75) is 52.2 Å². The minimum absolute atomic E-state index is 0.00584. The van der Waals surface area contributed by atoms with E-state index in [1.807, 2.05) is 12.1 Å². The second-order valence-electron chi connectivity index (χ2n) is 9.05. The molecule has 3 rings (SSSR count). The molecular weight excluding hydrogens is 416 g/mol. The number of carbonyl (C=O) groups is 1. The minimum Gasteiger partial charge on any atom is -0.494 e. The largest absolute Gasteiger partial charge is 0.494 e. The summed E-state index contributed by atoms with van der Waals surface area (Å²) in [6.07, 6.45) is 2.69. The van der Waals surface area contributed by atoms with Gasteiger partial charge in [-0.2, -0.15) is 0 Å². The number of hydrogen-bond acceptors (Lipinski definition) is 5. The third-order valence-corrected chi connectivity index (χ3v) is 6.31. The zero-order valence-corrected chi connectivity index (χ0v) is 20.5. The van der Waals surface area contributed by atoms with Crippen LogP contribution in [0.1, 0.15) is 42.9 Å². The molecule has 0 radical (unpaired) electrons. The summed E-state index contributed by atoms with van der Waals surface area (Å²) in [6.45, 7) is 10.4. The fourth-order valence-corrected chi connectivity index (χ4v) is 4.17. The van der Waals surface area contributed by atoms with Crippen molar-refractivity contribution in [2.75, 3.05) is 40.0 Å². The van der Waals surface area contributed by atoms with Crippen LogP contribution in [0.3, 0.4) is 0 Å². The van der Waals surface area contributed by atoms with E-state index in [-0.39, 0.29) is 11.5 Å². The molecule has 33 heavy (non-hydrogen) atoms. The average Bonchev–Trinajstić information content (AvgIpc) is 2.80. The zero-order chi connectivity index (χ0) is 23.7. The van der Waals surface area contributed by atoms with E-state index in [4.69, 9.17) is 14.2 Å². The molecule has 6 nitrogen and oxygen atoms in total. The van der Waals surface area contributed by atoms with Crippen molar-refractivity contribution in [3.8, 4) is 11.5 Å². The lowest BCUT2D eigenvalue weighted by molar-refractivity contribution is -0.118. The number of carbonyl (C=O) groups excluding carboxylic acids is 1. The molecule has 0 unspecified atom stereocenters. The highest BCUT2D eigenvalue weighted by Crippen LogP contribution is 2.29. The summed E-state index contributed by atoms with van der Waals surface area (Å²) in [4.78, 5) is 13.3. The van der Waals surface area contributed by atoms with Crippen molar-refractivity contribution in [1.82, 2.24) is 10.2 Å². The van der Waals surface area contributed by atoms with Gasteiger partial charge in [0.15, 0.2) is 0 Å². The SMILES string of the molecule is COC1(COc2ccc(C)cc2C)CCN(Cc2ccc(OCCCNC(C)=O)cc2)CC1. The predicted octanol–water partition coefficient (Wildman–Crippen LogP) is 4.27. The molecular formula is C27H38N2O4. The standard InChI is InChI=1S/C27H38N2O4/c1-21-6-11-26(22(2)18-21)33-20-27(31-4)12-15-29(16-13-27)19-24-7-9-25(10-8-24)32-17-5-14-28-23(3)30/h6-11,18H,5,12-17,19-20H2,1-4H3,(H,28,30). The van der Waals surface area contributed by atoms with Gasteiger partial charge in [-0.1, -0.05) is 29.8 Å². The van der Waals surface area contributed by atoms with Crippen LogP contribution in [0.15, 0.2) is 42.5 Å². The first kappa shape index (κ1) is 25.1. The quantitative estimate of drug-likeness (QED) is 0.514. The minimum atomic E-state index is -0.233. The molecule has 6 heteroatoms. The number of amides is 1. The Morgan fingerprint density at radius 2 is 1.79 bits per heavy atom. The molecule has 0 aliphatic carbocycles. The number of nitrogens with zero attached hydrogens (tertiary/aromatic N) is 1. The van der Waals surface area contributed by atoms with Crippen LogP contribution in [0.25, 0.3) is 0 Å². The Balaban J connectivity index is 1.42. The number of methoxy groups -OCH3 is 1. The van der Waals surface area contributed by atoms with Crippen LogP contribution in [0, 0.1) is 13.8 Å². The average molecular weight is 455 g/mol. The van der Waals surface area contributed by atoms with E-state index >= 15 is 0 Å². The molecule has 0 spiro atoms. The van der Waals surface area contributed by atoms with Crippen molar-refractivity contribution < 1.29 is 19.0 Å². The Hall–Kier alpha value is -2.57. The summed E-state index contributed by atoms with van der Waals surface area (Å²) in [5, 5.41) is 2.78. The van der Waals surface area contributed by atoms with E-state index in [0.717, 1.165) is 50.4 Å². The van der Waals surface area contributed by atoms with Crippen LogP contribution in [-0.2, 0) is 16.1 Å². The second-order valence-corrected chi connectivity index (χ2v) is 9.05. The maximum atomic E-state index is 10.9. The smallest absolute Gasteiger partial charge is 0.216 e. The van der Waals surface area contributed by atoms with Crippen LogP contribution in [0.4, 0.5) is 0 Å². The summed E-state index contributed by atoms with van der Waals surface area (Å²) >= 11 is 0. The molecule has 1 aliphatic heterocycles. The third-order valence-electron chi connectivity index (χ3n) is 6.31. The Morgan fingerprint density at radius 3 is 2.42 bits per heavy atom. The normalized spacial score (nSPS) is 15.8. The highest BCUT2D eigenvalue weighted by molar-refractivity contribution is 5.72. The number of benzene rings is 2. The van der Waals surface area contributed by atoms with Crippen LogP contribution < -0.4 is 14.8 Å². The second kappa shape index (κ2) is 12.1. The molecule has 1 amide bonds. The first-order chi connectivity index (χ1) is 15.9. The summed E-state index contributed by atoms with van der Waals surface area (Å²) in [5.74, 6) is 1.80. The Bertz CT molecular complexity index is 889. The zero-order valence-electron chi connectivity index (χ0n) is 20.5. The molecule has 0 saturated carbocycles. The summed E-state index contributed by atoms with van der Waals surface area (Å²) < 4.78 is 17.9. The van der Waals surface area contributed by atoms with Gasteiger partial charge in [0.2, 0.25) is 5.91 Å². The fourth-order valence-electron chi connectivity index (χ4n) is 4.17. The van der Waals surface area contributed by atoms with Crippen molar-refractivity contribution in [1.29, 1.82) is 0 Å². The Morgan fingerprint density at radius 1 is 1.06 bits per heavy atom. The van der Waals surface area contributed by atoms with E-state index in [1.165, 1.54) is 23.6 Å². The van der Waals surface area contributed by atoms with E-state index in [2.05, 4.69) is 54.4 Å². The number of likely N-dealkylation sites (tertiary alicyclic amines) is 1. The van der Waals surface area contributed by atoms with Crippen LogP contribution in [0.2, 0.25) is 0 Å². The van der Waals surface area contributed by atoms with Gasteiger partial charge in [0, 0.05) is 40.2 Å². The first-order valence-electron chi connectivity index (χ1n) is 11.8. The number of hydrogen-bond donors (Lipinski definition) is 1. The maximum Gasteiger partial charge on any atom is 0.216 e. The van der Waals surface area contributed by atoms with Gasteiger partial charge >= 0.3 is 0 Å². The van der Waals surface area contributed by atoms with E-state index < -0.39 is 0 Å². The van der Waals surface area contributed by atoms with Gasteiger partial charge in [0.05, 0.1) is 6.61 Å². The lowest BCUT2D eigenvalue weighted by atomic mass is 9.91. The predicted molar refractivity (Wildman–Crippen MR) is 131 cm³/mol. The van der Waals surface area contributed by atoms with E-state index in [0.29, 0.717) is 19.8 Å². The topological polar surface area (TPSA) is 60.0 Å². The lowest BCUT2D eigenvalue weighted by Crippen LogP contribution is -2.48. The number of ether oxygens (including phenoxy) is 3. The van der Waals surface area contributed by atoms with Gasteiger partial charge in [0.1, 0.15) is 23.7 Å². The third kappa shape index (κ3) is 7.76. The van der Waals surface area contributed by atoms with Gasteiger partial charge in [-0.3, -0.25) is 9.69 Å². The Kier molecular flexibility index (Phi) is 9.15. The number of aryl methyl sites for hydroxylation is 2. The summed E-state index contributed by atoms with van der Waals surface area (Å²) in [7, 11) is 1.80. The highest BCUT2D eigenvalue weighted by atomic mass is 16.5. The molecule has 0 bridgehead atoms. The number of nitrogens with one attached hydrogen (secondary N) is 1. The molecule has 1 heterocycles. The van der Waals surface area contributed by atoms with Crippen LogP contribution in [-0.4, -0.2) is 56.4 Å². The molecule has 2 aromatic rings. The molecule has 2 aromatic carbocycles. The van der Waals surface area contributed by atoms with Crippen LogP contribution in [0.5, 0.6) is 11.5 Å². The first-order valence-corrected chi connectivity index (χ1v) is 11.8. The molecule has 1 N–H and O–H groups in total. The van der Waals surface area contributed by atoms with Gasteiger partial charge < -0.3 is 19.5 Å². The van der Waals surface area contributed by atoms with Gasteiger partial charge in [-0.15, -0.1) is 0 Å². The maximum absolute atomic E-state index is 10.9. The summed E-state index contributed by atoms with van der Waals surface area (Å²) in [5.41, 5.74) is 3.45. The molecule has 1 aliphatic rings. The summed E-state index contributed by atoms with van der Waals surface area (Å²) in [6, 6.07) is 14.6. The molecule has 0 aromatic heterocycles. The van der Waals surface area contributed by atoms with Crippen molar-refractivity contribution in [3.05, 3.63) is 59.2 Å². The lowest BCUT2D eigenvalue weighted by Gasteiger charge is -2.40. The molecule has 180 valence electrons. The number of rotatable bonds is 11. The van der Waals surface area contributed by atoms with Gasteiger partial charge in [-0.25, -0.2) is 0 Å². The highest BCUT2D eigenvalue weighted by Gasteiger charge is 2.35. The van der Waals surface area contributed by atoms with Crippen molar-refractivity contribution in [2.24, 2.45) is 0 Å². The number of piperidine rings is 1. The van der Waals surface area contributed by atoms with E-state index in [9.17, 15) is 4.79 Å². The Labute approximate surface area is 198 Å². The molecule has 1 fully saturated rings.